The van der Waals surface area contributed by atoms with Crippen LogP contribution in [0.25, 0.3) is 99.8 Å². The summed E-state index contributed by atoms with van der Waals surface area (Å²) < 4.78 is 4.55. The molecule has 0 bridgehead atoms. The molecule has 3 aromatic heterocycles. The van der Waals surface area contributed by atoms with Gasteiger partial charge in [0, 0.05) is 16.2 Å². The average molecular weight is 689 g/mol. The number of fused-ring (bicyclic) bond motifs is 8. The second-order valence-electron chi connectivity index (χ2n) is 13.9. The molecule has 0 fully saturated rings. The van der Waals surface area contributed by atoms with Crippen LogP contribution < -0.4 is 0 Å². The van der Waals surface area contributed by atoms with Gasteiger partial charge < -0.3 is 0 Å². The molecular formula is C50H32N4. The minimum absolute atomic E-state index is 0.815. The summed E-state index contributed by atoms with van der Waals surface area (Å²) in [5.74, 6) is 0.815. The molecule has 0 aliphatic carbocycles. The van der Waals surface area contributed by atoms with Crippen molar-refractivity contribution in [2.24, 2.45) is 0 Å². The molecule has 0 radical (unpaired) electrons. The molecule has 4 heteroatoms. The van der Waals surface area contributed by atoms with Gasteiger partial charge in [-0.25, -0.2) is 9.97 Å². The monoisotopic (exact) mass is 688 g/mol. The van der Waals surface area contributed by atoms with Crippen molar-refractivity contribution in [3.8, 4) is 50.5 Å². The van der Waals surface area contributed by atoms with Gasteiger partial charge in [0.05, 0.1) is 27.6 Å². The Balaban J connectivity index is 1.19. The Morgan fingerprint density at radius 3 is 1.35 bits per heavy atom. The number of para-hydroxylation sites is 3. The molecule has 0 unspecified atom stereocenters. The van der Waals surface area contributed by atoms with E-state index in [-0.39, 0.29) is 0 Å². The first kappa shape index (κ1) is 30.3. The predicted molar refractivity (Wildman–Crippen MR) is 224 cm³/mol. The summed E-state index contributed by atoms with van der Waals surface area (Å²) in [4.78, 5) is 10.6. The summed E-state index contributed by atoms with van der Waals surface area (Å²) in [5, 5.41) is 3.36. The van der Waals surface area contributed by atoms with Crippen molar-refractivity contribution in [1.29, 1.82) is 0 Å². The zero-order valence-electron chi connectivity index (χ0n) is 29.3. The molecular weight excluding hydrogens is 657 g/mol. The van der Waals surface area contributed by atoms with Crippen LogP contribution in [-0.2, 0) is 0 Å². The molecule has 0 saturated carbocycles. The fourth-order valence-electron chi connectivity index (χ4n) is 8.09. The van der Waals surface area contributed by atoms with Crippen molar-refractivity contribution < 1.29 is 0 Å². The molecule has 8 aromatic carbocycles. The Kier molecular flexibility index (Phi) is 6.82. The van der Waals surface area contributed by atoms with Gasteiger partial charge in [-0.15, -0.1) is 0 Å². The van der Waals surface area contributed by atoms with Crippen molar-refractivity contribution >= 4 is 49.4 Å². The second kappa shape index (κ2) is 12.1. The van der Waals surface area contributed by atoms with E-state index in [0.717, 1.165) is 44.6 Å². The topological polar surface area (TPSA) is 35.1 Å². The number of nitrogens with zero attached hydrogens (tertiary/aromatic N) is 4. The molecule has 0 spiro atoms. The van der Waals surface area contributed by atoms with Crippen LogP contribution in [-0.4, -0.2) is 18.9 Å². The SMILES string of the molecule is c1ccc(-c2cccc(-c3ccc4c(c3)c3cc(-c5cccc(-c6ccccc6)c5)ccc3n4-c3nc4ccccc4c4nc5ccccc5n34)c2)cc1. The van der Waals surface area contributed by atoms with Gasteiger partial charge >= 0.3 is 0 Å². The van der Waals surface area contributed by atoms with Crippen molar-refractivity contribution in [3.63, 3.8) is 0 Å². The third-order valence-electron chi connectivity index (χ3n) is 10.7. The van der Waals surface area contributed by atoms with Crippen LogP contribution in [0.4, 0.5) is 0 Å². The van der Waals surface area contributed by atoms with Gasteiger partial charge in [0.25, 0.3) is 0 Å². The van der Waals surface area contributed by atoms with Crippen molar-refractivity contribution in [1.82, 2.24) is 18.9 Å². The number of aromatic nitrogens is 4. The lowest BCUT2D eigenvalue weighted by Crippen LogP contribution is -2.06. The molecule has 54 heavy (non-hydrogen) atoms. The number of hydrogen-bond donors (Lipinski definition) is 0. The molecule has 11 rings (SSSR count). The van der Waals surface area contributed by atoms with E-state index in [2.05, 4.69) is 197 Å². The summed E-state index contributed by atoms with van der Waals surface area (Å²) in [6.45, 7) is 0. The summed E-state index contributed by atoms with van der Waals surface area (Å²) >= 11 is 0. The largest absolute Gasteiger partial charge is 0.279 e. The molecule has 0 aliphatic heterocycles. The fourth-order valence-corrected chi connectivity index (χ4v) is 8.09. The van der Waals surface area contributed by atoms with Crippen LogP contribution in [0, 0.1) is 0 Å². The van der Waals surface area contributed by atoms with Gasteiger partial charge in [-0.1, -0.05) is 133 Å². The van der Waals surface area contributed by atoms with Crippen LogP contribution in [0.2, 0.25) is 0 Å². The minimum Gasteiger partial charge on any atom is -0.279 e. The Bertz CT molecular complexity index is 3070. The van der Waals surface area contributed by atoms with E-state index >= 15 is 0 Å². The van der Waals surface area contributed by atoms with Gasteiger partial charge in [0.1, 0.15) is 5.65 Å². The zero-order valence-corrected chi connectivity index (χ0v) is 29.3. The molecule has 0 amide bonds. The Hall–Kier alpha value is -7.30. The van der Waals surface area contributed by atoms with Gasteiger partial charge in [-0.05, 0) is 105 Å². The molecule has 11 aromatic rings. The molecule has 3 heterocycles. The molecule has 0 N–H and O–H groups in total. The molecule has 4 nitrogen and oxygen atoms in total. The third kappa shape index (κ3) is 4.85. The van der Waals surface area contributed by atoms with Gasteiger partial charge in [0.15, 0.2) is 0 Å². The van der Waals surface area contributed by atoms with Gasteiger partial charge in [-0.2, -0.15) is 0 Å². The van der Waals surface area contributed by atoms with Crippen molar-refractivity contribution in [2.75, 3.05) is 0 Å². The van der Waals surface area contributed by atoms with Crippen LogP contribution >= 0.6 is 0 Å². The minimum atomic E-state index is 0.815. The van der Waals surface area contributed by atoms with Crippen molar-refractivity contribution in [3.05, 3.63) is 194 Å². The van der Waals surface area contributed by atoms with E-state index in [1.807, 2.05) is 6.07 Å². The highest BCUT2D eigenvalue weighted by molar-refractivity contribution is 6.12. The Morgan fingerprint density at radius 2 is 0.759 bits per heavy atom. The smallest absolute Gasteiger partial charge is 0.221 e. The van der Waals surface area contributed by atoms with Crippen molar-refractivity contribution in [2.45, 2.75) is 0 Å². The highest BCUT2D eigenvalue weighted by Gasteiger charge is 2.21. The Morgan fingerprint density at radius 1 is 0.296 bits per heavy atom. The lowest BCUT2D eigenvalue weighted by Gasteiger charge is -2.13. The van der Waals surface area contributed by atoms with Crippen LogP contribution in [0.15, 0.2) is 194 Å². The molecule has 252 valence electrons. The van der Waals surface area contributed by atoms with E-state index in [4.69, 9.17) is 9.97 Å². The molecule has 0 aliphatic rings. The average Bonchev–Trinajstić information content (AvgIpc) is 3.80. The van der Waals surface area contributed by atoms with Gasteiger partial charge in [-0.3, -0.25) is 8.97 Å². The van der Waals surface area contributed by atoms with Crippen LogP contribution in [0.5, 0.6) is 0 Å². The highest BCUT2D eigenvalue weighted by atomic mass is 15.2. The number of benzene rings is 8. The number of imidazole rings is 1. The quantitative estimate of drug-likeness (QED) is 0.180. The van der Waals surface area contributed by atoms with E-state index in [0.29, 0.717) is 0 Å². The lowest BCUT2D eigenvalue weighted by molar-refractivity contribution is 0.979. The summed E-state index contributed by atoms with van der Waals surface area (Å²) in [7, 11) is 0. The normalized spacial score (nSPS) is 11.7. The first-order chi connectivity index (χ1) is 26.8. The molecule has 0 saturated heterocycles. The summed E-state index contributed by atoms with van der Waals surface area (Å²) in [6.07, 6.45) is 0. The van der Waals surface area contributed by atoms with E-state index in [1.54, 1.807) is 0 Å². The van der Waals surface area contributed by atoms with Gasteiger partial charge in [0.2, 0.25) is 5.95 Å². The fraction of sp³-hybridized carbons (Fsp3) is 0. The first-order valence-corrected chi connectivity index (χ1v) is 18.3. The number of hydrogen-bond acceptors (Lipinski definition) is 2. The lowest BCUT2D eigenvalue weighted by atomic mass is 9.96. The molecule has 0 atom stereocenters. The second-order valence-corrected chi connectivity index (χ2v) is 13.9. The Labute approximate surface area is 311 Å². The van der Waals surface area contributed by atoms with E-state index < -0.39 is 0 Å². The maximum Gasteiger partial charge on any atom is 0.221 e. The highest BCUT2D eigenvalue weighted by Crippen LogP contribution is 2.39. The maximum absolute atomic E-state index is 5.41. The third-order valence-corrected chi connectivity index (χ3v) is 10.7. The maximum atomic E-state index is 5.41. The first-order valence-electron chi connectivity index (χ1n) is 18.3. The van der Waals surface area contributed by atoms with E-state index in [1.165, 1.54) is 55.3 Å². The number of rotatable bonds is 5. The summed E-state index contributed by atoms with van der Waals surface area (Å²) in [5.41, 5.74) is 15.5. The van der Waals surface area contributed by atoms with Crippen LogP contribution in [0.3, 0.4) is 0 Å². The van der Waals surface area contributed by atoms with E-state index in [9.17, 15) is 0 Å². The standard InChI is InChI=1S/C50H32N4/c1-3-13-33(14-4-1)35-17-11-19-37(29-35)39-25-27-46-42(31-39)43-32-40(38-20-12-18-36(30-38)34-15-5-2-6-16-34)26-28-47(43)53(46)50-52-44-22-8-7-21-41(44)49-51-45-23-9-10-24-48(45)54(49)50/h1-32H. The van der Waals surface area contributed by atoms with Crippen LogP contribution in [0.1, 0.15) is 0 Å². The summed E-state index contributed by atoms with van der Waals surface area (Å²) in [6, 6.07) is 69.2. The zero-order chi connectivity index (χ0) is 35.6. The predicted octanol–water partition coefficient (Wildman–Crippen LogP) is 12.8.